The number of benzene rings is 2. The van der Waals surface area contributed by atoms with Crippen LogP contribution in [0.15, 0.2) is 42.5 Å². The number of anilines is 1. The van der Waals surface area contributed by atoms with Gasteiger partial charge in [0.15, 0.2) is 11.9 Å². The first kappa shape index (κ1) is 21.8. The lowest BCUT2D eigenvalue weighted by molar-refractivity contribution is -0.153. The lowest BCUT2D eigenvalue weighted by Crippen LogP contribution is -2.30. The Bertz CT molecular complexity index is 935. The summed E-state index contributed by atoms with van der Waals surface area (Å²) in [5.74, 6) is -1.88. The summed E-state index contributed by atoms with van der Waals surface area (Å²) in [6.07, 6.45) is -1.14. The fourth-order valence-electron chi connectivity index (χ4n) is 2.55. The average Bonchev–Trinajstić information content (AvgIpc) is 2.68. The van der Waals surface area contributed by atoms with Crippen molar-refractivity contribution in [3.05, 3.63) is 64.7 Å². The zero-order valence-corrected chi connectivity index (χ0v) is 16.7. The highest BCUT2D eigenvalue weighted by Gasteiger charge is 2.19. The second-order valence-electron chi connectivity index (χ2n) is 6.79. The lowest BCUT2D eigenvalue weighted by atomic mass is 10.0. The number of esters is 1. The topological polar surface area (TPSA) is 116 Å². The van der Waals surface area contributed by atoms with E-state index in [4.69, 9.17) is 10.5 Å². The van der Waals surface area contributed by atoms with E-state index in [1.54, 1.807) is 12.1 Å². The summed E-state index contributed by atoms with van der Waals surface area (Å²) >= 11 is 0. The first-order valence-electron chi connectivity index (χ1n) is 9.18. The lowest BCUT2D eigenvalue weighted by Gasteiger charge is -2.13. The summed E-state index contributed by atoms with van der Waals surface area (Å²) in [4.78, 5) is 47.4. The van der Waals surface area contributed by atoms with Gasteiger partial charge in [0.25, 0.3) is 5.91 Å². The highest BCUT2D eigenvalue weighted by atomic mass is 16.5. The van der Waals surface area contributed by atoms with Gasteiger partial charge >= 0.3 is 5.97 Å². The van der Waals surface area contributed by atoms with Gasteiger partial charge in [-0.2, -0.15) is 0 Å². The number of carbonyl (C=O) groups excluding carboxylic acids is 4. The average molecular weight is 396 g/mol. The Balaban J connectivity index is 1.82. The van der Waals surface area contributed by atoms with E-state index < -0.39 is 23.9 Å². The van der Waals surface area contributed by atoms with Gasteiger partial charge in [-0.3, -0.25) is 19.2 Å². The van der Waals surface area contributed by atoms with Crippen molar-refractivity contribution in [3.8, 4) is 0 Å². The van der Waals surface area contributed by atoms with Gasteiger partial charge in [0, 0.05) is 23.2 Å². The molecule has 0 aromatic heterocycles. The summed E-state index contributed by atoms with van der Waals surface area (Å²) in [6.45, 7) is 5.32. The zero-order valence-electron chi connectivity index (χ0n) is 16.7. The third-order valence-electron chi connectivity index (χ3n) is 4.50. The predicted molar refractivity (Wildman–Crippen MR) is 109 cm³/mol. The number of primary amides is 1. The van der Waals surface area contributed by atoms with Gasteiger partial charge in [-0.15, -0.1) is 0 Å². The molecule has 7 heteroatoms. The van der Waals surface area contributed by atoms with Crippen molar-refractivity contribution in [3.63, 3.8) is 0 Å². The van der Waals surface area contributed by atoms with Crippen LogP contribution in [-0.2, 0) is 14.3 Å². The summed E-state index contributed by atoms with van der Waals surface area (Å²) in [5.41, 5.74) is 8.56. The van der Waals surface area contributed by atoms with Gasteiger partial charge in [0.2, 0.25) is 5.91 Å². The number of aryl methyl sites for hydroxylation is 2. The summed E-state index contributed by atoms with van der Waals surface area (Å²) in [7, 11) is 0. The number of ether oxygens (including phenoxy) is 1. The molecule has 2 amide bonds. The number of nitrogens with two attached hydrogens (primary N) is 1. The van der Waals surface area contributed by atoms with Crippen LogP contribution in [0, 0.1) is 13.8 Å². The van der Waals surface area contributed by atoms with Crippen LogP contribution in [0.4, 0.5) is 5.69 Å². The van der Waals surface area contributed by atoms with E-state index >= 15 is 0 Å². The molecule has 0 saturated heterocycles. The Morgan fingerprint density at radius 3 is 2.14 bits per heavy atom. The second kappa shape index (κ2) is 9.64. The molecule has 2 aromatic carbocycles. The first-order chi connectivity index (χ1) is 13.7. The number of Topliss-reactive ketones (excluding diaryl/α,β-unsaturated/α-hetero) is 1. The van der Waals surface area contributed by atoms with Crippen molar-refractivity contribution in [2.24, 2.45) is 5.73 Å². The van der Waals surface area contributed by atoms with Crippen LogP contribution >= 0.6 is 0 Å². The molecule has 1 atom stereocenters. The SMILES string of the molecule is Cc1ccc(C(=O)CCC(=O)OC(C)C(=O)Nc2ccc(C(N)=O)cc2)cc1C. The highest BCUT2D eigenvalue weighted by molar-refractivity contribution is 5.99. The molecule has 7 nitrogen and oxygen atoms in total. The summed E-state index contributed by atoms with van der Waals surface area (Å²) in [5, 5.41) is 2.58. The first-order valence-corrected chi connectivity index (χ1v) is 9.18. The molecular weight excluding hydrogens is 372 g/mol. The molecule has 29 heavy (non-hydrogen) atoms. The molecular formula is C22H24N2O5. The number of rotatable bonds is 8. The molecule has 0 aliphatic carbocycles. The minimum absolute atomic E-state index is 0.00422. The maximum absolute atomic E-state index is 12.2. The van der Waals surface area contributed by atoms with Crippen LogP contribution in [0.25, 0.3) is 0 Å². The molecule has 1 unspecified atom stereocenters. The Morgan fingerprint density at radius 1 is 0.931 bits per heavy atom. The minimum atomic E-state index is -1.03. The molecule has 0 spiro atoms. The van der Waals surface area contributed by atoms with Crippen LogP contribution < -0.4 is 11.1 Å². The largest absolute Gasteiger partial charge is 0.453 e. The molecule has 0 aliphatic heterocycles. The molecule has 0 fully saturated rings. The second-order valence-corrected chi connectivity index (χ2v) is 6.79. The Morgan fingerprint density at radius 2 is 1.55 bits per heavy atom. The number of hydrogen-bond donors (Lipinski definition) is 2. The van der Waals surface area contributed by atoms with Gasteiger partial charge in [-0.1, -0.05) is 12.1 Å². The molecule has 152 valence electrons. The van der Waals surface area contributed by atoms with Crippen molar-refractivity contribution in [2.45, 2.75) is 39.7 Å². The van der Waals surface area contributed by atoms with Crippen molar-refractivity contribution < 1.29 is 23.9 Å². The van der Waals surface area contributed by atoms with E-state index in [-0.39, 0.29) is 18.6 Å². The zero-order chi connectivity index (χ0) is 21.6. The van der Waals surface area contributed by atoms with Crippen LogP contribution in [0.5, 0.6) is 0 Å². The standard InChI is InChI=1S/C22H24N2O5/c1-13-4-5-17(12-14(13)2)19(25)10-11-20(26)29-15(3)22(28)24-18-8-6-16(7-9-18)21(23)27/h4-9,12,15H,10-11H2,1-3H3,(H2,23,27)(H,24,28). The predicted octanol–water partition coefficient (Wildman–Crippen LogP) is 2.94. The summed E-state index contributed by atoms with van der Waals surface area (Å²) in [6, 6.07) is 11.4. The van der Waals surface area contributed by atoms with Gasteiger partial charge in [0.05, 0.1) is 6.42 Å². The molecule has 0 bridgehead atoms. The van der Waals surface area contributed by atoms with Gasteiger partial charge in [0.1, 0.15) is 0 Å². The fourth-order valence-corrected chi connectivity index (χ4v) is 2.55. The van der Waals surface area contributed by atoms with Crippen LogP contribution in [-0.4, -0.2) is 29.7 Å². The number of ketones is 1. The Kier molecular flexibility index (Phi) is 7.25. The molecule has 0 saturated carbocycles. The highest BCUT2D eigenvalue weighted by Crippen LogP contribution is 2.14. The normalized spacial score (nSPS) is 11.4. The van der Waals surface area contributed by atoms with Gasteiger partial charge < -0.3 is 15.8 Å². The molecule has 0 heterocycles. The van der Waals surface area contributed by atoms with E-state index in [0.29, 0.717) is 16.8 Å². The van der Waals surface area contributed by atoms with Gasteiger partial charge in [-0.05, 0) is 62.2 Å². The van der Waals surface area contributed by atoms with Crippen LogP contribution in [0.1, 0.15) is 51.6 Å². The van der Waals surface area contributed by atoms with E-state index in [1.165, 1.54) is 31.2 Å². The Labute approximate surface area is 169 Å². The smallest absolute Gasteiger partial charge is 0.307 e. The minimum Gasteiger partial charge on any atom is -0.453 e. The number of nitrogens with one attached hydrogen (secondary N) is 1. The third kappa shape index (κ3) is 6.27. The van der Waals surface area contributed by atoms with Crippen molar-refractivity contribution in [1.29, 1.82) is 0 Å². The van der Waals surface area contributed by atoms with Crippen molar-refractivity contribution in [2.75, 3.05) is 5.32 Å². The maximum Gasteiger partial charge on any atom is 0.307 e. The van der Waals surface area contributed by atoms with E-state index in [2.05, 4.69) is 5.32 Å². The number of amides is 2. The van der Waals surface area contributed by atoms with Gasteiger partial charge in [-0.25, -0.2) is 0 Å². The molecule has 0 radical (unpaired) electrons. The monoisotopic (exact) mass is 396 g/mol. The van der Waals surface area contributed by atoms with Crippen LogP contribution in [0.2, 0.25) is 0 Å². The quantitative estimate of drug-likeness (QED) is 0.526. The molecule has 3 N–H and O–H groups in total. The molecule has 0 aliphatic rings. The maximum atomic E-state index is 12.2. The molecule has 2 aromatic rings. The van der Waals surface area contributed by atoms with E-state index in [0.717, 1.165) is 11.1 Å². The van der Waals surface area contributed by atoms with E-state index in [9.17, 15) is 19.2 Å². The van der Waals surface area contributed by atoms with Crippen molar-refractivity contribution >= 4 is 29.3 Å². The number of hydrogen-bond acceptors (Lipinski definition) is 5. The Hall–Kier alpha value is -3.48. The van der Waals surface area contributed by atoms with Crippen molar-refractivity contribution in [1.82, 2.24) is 0 Å². The van der Waals surface area contributed by atoms with E-state index in [1.807, 2.05) is 19.9 Å². The third-order valence-corrected chi connectivity index (χ3v) is 4.50. The van der Waals surface area contributed by atoms with Crippen LogP contribution in [0.3, 0.4) is 0 Å². The molecule has 2 rings (SSSR count). The fraction of sp³-hybridized carbons (Fsp3) is 0.273. The number of carbonyl (C=O) groups is 4. The summed E-state index contributed by atoms with van der Waals surface area (Å²) < 4.78 is 5.10.